The number of carbonyl (C=O) groups is 1. The molecule has 0 saturated carbocycles. The SMILES string of the molecule is CS(=O)(=NC(=O)c1ccc(-c2noc(C(F)(F)F)n2)cc1)c1ccccc1. The smallest absolute Gasteiger partial charge is 0.329 e. The van der Waals surface area contributed by atoms with Gasteiger partial charge >= 0.3 is 12.1 Å². The zero-order valence-corrected chi connectivity index (χ0v) is 14.6. The molecule has 0 saturated heterocycles. The molecule has 0 radical (unpaired) electrons. The zero-order chi connectivity index (χ0) is 19.7. The molecule has 0 aliphatic carbocycles. The van der Waals surface area contributed by atoms with Gasteiger partial charge < -0.3 is 4.52 Å². The maximum Gasteiger partial charge on any atom is 0.471 e. The summed E-state index contributed by atoms with van der Waals surface area (Å²) < 4.78 is 58.1. The van der Waals surface area contributed by atoms with Crippen molar-refractivity contribution in [3.05, 3.63) is 66.1 Å². The summed E-state index contributed by atoms with van der Waals surface area (Å²) in [7, 11) is -2.92. The highest BCUT2D eigenvalue weighted by Crippen LogP contribution is 2.29. The first kappa shape index (κ1) is 18.8. The molecule has 27 heavy (non-hydrogen) atoms. The summed E-state index contributed by atoms with van der Waals surface area (Å²) in [6.45, 7) is 0. The van der Waals surface area contributed by atoms with Gasteiger partial charge in [-0.05, 0) is 24.3 Å². The quantitative estimate of drug-likeness (QED) is 0.668. The normalized spacial score (nSPS) is 13.8. The summed E-state index contributed by atoms with van der Waals surface area (Å²) in [4.78, 5) is 16.0. The van der Waals surface area contributed by atoms with Crippen molar-refractivity contribution in [2.45, 2.75) is 11.1 Å². The first-order chi connectivity index (χ1) is 12.7. The Morgan fingerprint density at radius 2 is 1.70 bits per heavy atom. The van der Waals surface area contributed by atoms with Crippen molar-refractivity contribution in [1.82, 2.24) is 10.1 Å². The van der Waals surface area contributed by atoms with E-state index in [9.17, 15) is 22.2 Å². The Morgan fingerprint density at radius 3 is 2.26 bits per heavy atom. The number of rotatable bonds is 3. The van der Waals surface area contributed by atoms with Gasteiger partial charge in [0, 0.05) is 22.3 Å². The highest BCUT2D eigenvalue weighted by atomic mass is 32.2. The number of carbonyl (C=O) groups excluding carboxylic acids is 1. The second kappa shape index (κ2) is 6.95. The fourth-order valence-electron chi connectivity index (χ4n) is 2.15. The molecular formula is C17H12F3N3O3S. The van der Waals surface area contributed by atoms with E-state index in [2.05, 4.69) is 19.0 Å². The van der Waals surface area contributed by atoms with Gasteiger partial charge in [0.15, 0.2) is 0 Å². The van der Waals surface area contributed by atoms with Crippen LogP contribution in [-0.4, -0.2) is 26.5 Å². The van der Waals surface area contributed by atoms with Crippen LogP contribution >= 0.6 is 0 Å². The maximum atomic E-state index is 12.6. The summed E-state index contributed by atoms with van der Waals surface area (Å²) in [5.41, 5.74) is 0.356. The minimum Gasteiger partial charge on any atom is -0.329 e. The van der Waals surface area contributed by atoms with Crippen LogP contribution in [0, 0.1) is 0 Å². The molecule has 1 heterocycles. The van der Waals surface area contributed by atoms with E-state index in [1.165, 1.54) is 30.5 Å². The largest absolute Gasteiger partial charge is 0.471 e. The second-order valence-corrected chi connectivity index (χ2v) is 7.77. The Kier molecular flexibility index (Phi) is 4.83. The minimum atomic E-state index is -4.74. The fraction of sp³-hybridized carbons (Fsp3) is 0.118. The van der Waals surface area contributed by atoms with Gasteiger partial charge in [-0.3, -0.25) is 4.79 Å². The van der Waals surface area contributed by atoms with E-state index in [0.29, 0.717) is 4.90 Å². The lowest BCUT2D eigenvalue weighted by Crippen LogP contribution is -2.05. The van der Waals surface area contributed by atoms with Crippen molar-refractivity contribution in [2.75, 3.05) is 6.26 Å². The number of hydrogen-bond donors (Lipinski definition) is 0. The van der Waals surface area contributed by atoms with Crippen molar-refractivity contribution in [3.63, 3.8) is 0 Å². The fourth-order valence-corrected chi connectivity index (χ4v) is 3.34. The van der Waals surface area contributed by atoms with Crippen LogP contribution in [0.25, 0.3) is 11.4 Å². The molecule has 0 spiro atoms. The van der Waals surface area contributed by atoms with Crippen LogP contribution in [0.5, 0.6) is 0 Å². The molecule has 10 heteroatoms. The molecule has 0 N–H and O–H groups in total. The standard InChI is InChI=1S/C17H12F3N3O3S/c1-27(25,13-5-3-2-4-6-13)23-15(24)12-9-7-11(8-10-12)14-21-16(26-22-14)17(18,19)20/h2-10H,1H3. The van der Waals surface area contributed by atoms with Crippen molar-refractivity contribution in [1.29, 1.82) is 0 Å². The van der Waals surface area contributed by atoms with E-state index in [1.54, 1.807) is 30.3 Å². The van der Waals surface area contributed by atoms with E-state index in [1.807, 2.05) is 0 Å². The molecule has 0 fully saturated rings. The molecular weight excluding hydrogens is 383 g/mol. The zero-order valence-electron chi connectivity index (χ0n) is 13.8. The van der Waals surface area contributed by atoms with Crippen molar-refractivity contribution >= 4 is 15.6 Å². The van der Waals surface area contributed by atoms with Crippen molar-refractivity contribution in [2.24, 2.45) is 4.36 Å². The number of amides is 1. The van der Waals surface area contributed by atoms with Crippen LogP contribution in [0.4, 0.5) is 13.2 Å². The van der Waals surface area contributed by atoms with E-state index in [0.717, 1.165) is 0 Å². The molecule has 2 aromatic carbocycles. The van der Waals surface area contributed by atoms with E-state index in [4.69, 9.17) is 0 Å². The summed E-state index contributed by atoms with van der Waals surface area (Å²) in [6.07, 6.45) is -3.38. The van der Waals surface area contributed by atoms with Gasteiger partial charge in [0.25, 0.3) is 5.91 Å². The molecule has 0 bridgehead atoms. The Labute approximate surface area is 152 Å². The number of nitrogens with zero attached hydrogens (tertiary/aromatic N) is 3. The Bertz CT molecular complexity index is 1080. The molecule has 1 amide bonds. The Balaban J connectivity index is 1.85. The number of hydrogen-bond acceptors (Lipinski definition) is 5. The lowest BCUT2D eigenvalue weighted by molar-refractivity contribution is -0.159. The average Bonchev–Trinajstić information content (AvgIpc) is 3.13. The molecule has 1 atom stereocenters. The van der Waals surface area contributed by atoms with E-state index in [-0.39, 0.29) is 17.0 Å². The summed E-state index contributed by atoms with van der Waals surface area (Å²) in [5.74, 6) is -2.43. The lowest BCUT2D eigenvalue weighted by atomic mass is 10.1. The molecule has 3 rings (SSSR count). The number of aromatic nitrogens is 2. The predicted octanol–water partition coefficient (Wildman–Crippen LogP) is 4.05. The molecule has 3 aromatic rings. The summed E-state index contributed by atoms with van der Waals surface area (Å²) in [5, 5.41) is 3.27. The average molecular weight is 395 g/mol. The molecule has 140 valence electrons. The molecule has 6 nitrogen and oxygen atoms in total. The summed E-state index contributed by atoms with van der Waals surface area (Å²) >= 11 is 0. The van der Waals surface area contributed by atoms with Gasteiger partial charge in [0.1, 0.15) is 0 Å². The van der Waals surface area contributed by atoms with Crippen LogP contribution < -0.4 is 0 Å². The Morgan fingerprint density at radius 1 is 1.07 bits per heavy atom. The van der Waals surface area contributed by atoms with Crippen LogP contribution in [-0.2, 0) is 15.9 Å². The van der Waals surface area contributed by atoms with Crippen molar-refractivity contribution < 1.29 is 26.7 Å². The minimum absolute atomic E-state index is 0.129. The van der Waals surface area contributed by atoms with Gasteiger partial charge in [-0.15, -0.1) is 0 Å². The van der Waals surface area contributed by atoms with Gasteiger partial charge in [-0.2, -0.15) is 22.5 Å². The second-order valence-electron chi connectivity index (χ2n) is 5.51. The van der Waals surface area contributed by atoms with Crippen LogP contribution in [0.1, 0.15) is 16.2 Å². The maximum absolute atomic E-state index is 12.6. The monoisotopic (exact) mass is 395 g/mol. The molecule has 1 aromatic heterocycles. The van der Waals surface area contributed by atoms with Gasteiger partial charge in [-0.1, -0.05) is 35.5 Å². The van der Waals surface area contributed by atoms with Crippen LogP contribution in [0.3, 0.4) is 0 Å². The van der Waals surface area contributed by atoms with Gasteiger partial charge in [0.2, 0.25) is 5.82 Å². The topological polar surface area (TPSA) is 85.4 Å². The third-order valence-corrected chi connectivity index (χ3v) is 5.16. The number of halogens is 3. The van der Waals surface area contributed by atoms with Gasteiger partial charge in [-0.25, -0.2) is 4.21 Å². The molecule has 0 aliphatic rings. The van der Waals surface area contributed by atoms with E-state index < -0.39 is 27.7 Å². The third-order valence-electron chi connectivity index (χ3n) is 3.50. The third kappa shape index (κ3) is 4.22. The first-order valence-corrected chi connectivity index (χ1v) is 9.42. The molecule has 0 aliphatic heterocycles. The van der Waals surface area contributed by atoms with E-state index >= 15 is 0 Å². The number of benzene rings is 2. The molecule has 1 unspecified atom stereocenters. The van der Waals surface area contributed by atoms with Crippen LogP contribution in [0.15, 0.2) is 68.4 Å². The lowest BCUT2D eigenvalue weighted by Gasteiger charge is -2.04. The first-order valence-electron chi connectivity index (χ1n) is 7.50. The highest BCUT2D eigenvalue weighted by molar-refractivity contribution is 7.93. The summed E-state index contributed by atoms with van der Waals surface area (Å²) in [6, 6.07) is 13.7. The number of alkyl halides is 3. The predicted molar refractivity (Wildman–Crippen MR) is 90.3 cm³/mol. The highest BCUT2D eigenvalue weighted by Gasteiger charge is 2.38. The van der Waals surface area contributed by atoms with Crippen LogP contribution in [0.2, 0.25) is 0 Å². The Hall–Kier alpha value is -3.01. The van der Waals surface area contributed by atoms with Crippen molar-refractivity contribution in [3.8, 4) is 11.4 Å². The van der Waals surface area contributed by atoms with Gasteiger partial charge in [0.05, 0.1) is 9.73 Å².